The van der Waals surface area contributed by atoms with Crippen molar-refractivity contribution in [3.8, 4) is 0 Å². The van der Waals surface area contributed by atoms with E-state index in [4.69, 9.17) is 5.11 Å². The molecule has 0 aliphatic heterocycles. The van der Waals surface area contributed by atoms with Gasteiger partial charge in [0.1, 0.15) is 5.82 Å². The minimum Gasteiger partial charge on any atom is -0.396 e. The molecular weight excluding hydrogens is 233 g/mol. The Morgan fingerprint density at radius 2 is 2.06 bits per heavy atom. The number of aliphatic hydroxyl groups excluding tert-OH is 1. The summed E-state index contributed by atoms with van der Waals surface area (Å²) in [7, 11) is 0. The minimum absolute atomic E-state index is 0.0291. The molecular formula is C14H20FNO2. The summed E-state index contributed by atoms with van der Waals surface area (Å²) in [5, 5.41) is 11.7. The first kappa shape index (κ1) is 14.6. The quantitative estimate of drug-likeness (QED) is 0.813. The first-order chi connectivity index (χ1) is 8.54. The normalized spacial score (nSPS) is 12.5. The summed E-state index contributed by atoms with van der Waals surface area (Å²) in [5.41, 5.74) is 0.390. The van der Waals surface area contributed by atoms with Gasteiger partial charge in [-0.25, -0.2) is 4.39 Å². The molecule has 0 bridgehead atoms. The fourth-order valence-electron chi connectivity index (χ4n) is 1.78. The highest BCUT2D eigenvalue weighted by Crippen LogP contribution is 2.09. The van der Waals surface area contributed by atoms with E-state index in [0.717, 1.165) is 0 Å². The topological polar surface area (TPSA) is 49.3 Å². The summed E-state index contributed by atoms with van der Waals surface area (Å²) < 4.78 is 13.4. The van der Waals surface area contributed by atoms with Crippen LogP contribution in [-0.2, 0) is 11.2 Å². The molecule has 0 spiro atoms. The van der Waals surface area contributed by atoms with E-state index in [1.54, 1.807) is 18.2 Å². The second kappa shape index (κ2) is 7.11. The molecule has 4 heteroatoms. The molecule has 1 rings (SSSR count). The SMILES string of the molecule is CC(C)C(CCO)NC(=O)Cc1ccccc1F. The Balaban J connectivity index is 2.58. The summed E-state index contributed by atoms with van der Waals surface area (Å²) >= 11 is 0. The van der Waals surface area contributed by atoms with E-state index in [1.165, 1.54) is 6.07 Å². The first-order valence-corrected chi connectivity index (χ1v) is 6.18. The third kappa shape index (κ3) is 4.45. The van der Waals surface area contributed by atoms with Gasteiger partial charge < -0.3 is 10.4 Å². The Morgan fingerprint density at radius 3 is 2.61 bits per heavy atom. The average molecular weight is 253 g/mol. The van der Waals surface area contributed by atoms with Gasteiger partial charge in [0.15, 0.2) is 0 Å². The Labute approximate surface area is 107 Å². The number of carbonyl (C=O) groups excluding carboxylic acids is 1. The van der Waals surface area contributed by atoms with Crippen molar-refractivity contribution < 1.29 is 14.3 Å². The molecule has 0 fully saturated rings. The van der Waals surface area contributed by atoms with Crippen molar-refractivity contribution in [1.29, 1.82) is 0 Å². The number of halogens is 1. The molecule has 18 heavy (non-hydrogen) atoms. The third-order valence-corrected chi connectivity index (χ3v) is 2.90. The van der Waals surface area contributed by atoms with E-state index >= 15 is 0 Å². The van der Waals surface area contributed by atoms with E-state index in [2.05, 4.69) is 5.32 Å². The van der Waals surface area contributed by atoms with E-state index in [0.29, 0.717) is 12.0 Å². The number of benzene rings is 1. The maximum Gasteiger partial charge on any atom is 0.224 e. The van der Waals surface area contributed by atoms with Crippen LogP contribution in [0.15, 0.2) is 24.3 Å². The van der Waals surface area contributed by atoms with Crippen molar-refractivity contribution in [2.75, 3.05) is 6.61 Å². The summed E-state index contributed by atoms with van der Waals surface area (Å²) in [6.45, 7) is 3.98. The predicted octanol–water partition coefficient (Wildman–Crippen LogP) is 1.89. The van der Waals surface area contributed by atoms with Crippen LogP contribution in [0.2, 0.25) is 0 Å². The molecule has 0 saturated carbocycles. The van der Waals surface area contributed by atoms with Crippen LogP contribution >= 0.6 is 0 Å². The van der Waals surface area contributed by atoms with Crippen molar-refractivity contribution in [2.24, 2.45) is 5.92 Å². The Hall–Kier alpha value is -1.42. The van der Waals surface area contributed by atoms with Crippen molar-refractivity contribution in [3.05, 3.63) is 35.6 Å². The maximum atomic E-state index is 13.4. The van der Waals surface area contributed by atoms with Gasteiger partial charge in [0.2, 0.25) is 5.91 Å². The average Bonchev–Trinajstić information content (AvgIpc) is 2.31. The lowest BCUT2D eigenvalue weighted by molar-refractivity contribution is -0.121. The molecule has 1 amide bonds. The highest BCUT2D eigenvalue weighted by Gasteiger charge is 2.16. The molecule has 0 aliphatic rings. The monoisotopic (exact) mass is 253 g/mol. The Kier molecular flexibility index (Phi) is 5.78. The van der Waals surface area contributed by atoms with E-state index in [-0.39, 0.29) is 36.7 Å². The molecule has 1 aromatic rings. The Morgan fingerprint density at radius 1 is 1.39 bits per heavy atom. The van der Waals surface area contributed by atoms with E-state index < -0.39 is 0 Å². The number of hydrogen-bond acceptors (Lipinski definition) is 2. The van der Waals surface area contributed by atoms with Gasteiger partial charge in [-0.05, 0) is 24.0 Å². The van der Waals surface area contributed by atoms with Crippen LogP contribution in [0.3, 0.4) is 0 Å². The molecule has 1 aromatic carbocycles. The second-order valence-electron chi connectivity index (χ2n) is 4.70. The molecule has 0 saturated heterocycles. The number of aliphatic hydroxyl groups is 1. The third-order valence-electron chi connectivity index (χ3n) is 2.90. The van der Waals surface area contributed by atoms with Crippen molar-refractivity contribution >= 4 is 5.91 Å². The molecule has 0 aliphatic carbocycles. The fraction of sp³-hybridized carbons (Fsp3) is 0.500. The number of hydrogen-bond donors (Lipinski definition) is 2. The van der Waals surface area contributed by atoms with Crippen LogP contribution < -0.4 is 5.32 Å². The minimum atomic E-state index is -0.365. The largest absolute Gasteiger partial charge is 0.396 e. The maximum absolute atomic E-state index is 13.4. The van der Waals surface area contributed by atoms with Crippen LogP contribution in [0.25, 0.3) is 0 Å². The molecule has 1 unspecified atom stereocenters. The number of carbonyl (C=O) groups is 1. The van der Waals surface area contributed by atoms with Crippen LogP contribution in [0, 0.1) is 11.7 Å². The van der Waals surface area contributed by atoms with Crippen molar-refractivity contribution in [2.45, 2.75) is 32.7 Å². The van der Waals surface area contributed by atoms with Gasteiger partial charge in [-0.1, -0.05) is 32.0 Å². The van der Waals surface area contributed by atoms with Gasteiger partial charge in [-0.2, -0.15) is 0 Å². The second-order valence-corrected chi connectivity index (χ2v) is 4.70. The lowest BCUT2D eigenvalue weighted by atomic mass is 10.0. The smallest absolute Gasteiger partial charge is 0.224 e. The highest BCUT2D eigenvalue weighted by atomic mass is 19.1. The molecule has 1 atom stereocenters. The zero-order valence-corrected chi connectivity index (χ0v) is 10.8. The van der Waals surface area contributed by atoms with Crippen molar-refractivity contribution in [1.82, 2.24) is 5.32 Å². The number of nitrogens with one attached hydrogen (secondary N) is 1. The molecule has 2 N–H and O–H groups in total. The lowest BCUT2D eigenvalue weighted by Crippen LogP contribution is -2.40. The van der Waals surface area contributed by atoms with Gasteiger partial charge in [0.05, 0.1) is 6.42 Å². The van der Waals surface area contributed by atoms with Crippen molar-refractivity contribution in [3.63, 3.8) is 0 Å². The number of amides is 1. The van der Waals surface area contributed by atoms with Crippen LogP contribution in [-0.4, -0.2) is 23.7 Å². The first-order valence-electron chi connectivity index (χ1n) is 6.18. The highest BCUT2D eigenvalue weighted by molar-refractivity contribution is 5.78. The van der Waals surface area contributed by atoms with E-state index in [9.17, 15) is 9.18 Å². The summed E-state index contributed by atoms with van der Waals surface area (Å²) in [4.78, 5) is 11.8. The molecule has 3 nitrogen and oxygen atoms in total. The summed E-state index contributed by atoms with van der Waals surface area (Å²) in [6, 6.07) is 6.18. The van der Waals surface area contributed by atoms with Crippen LogP contribution in [0.4, 0.5) is 4.39 Å². The lowest BCUT2D eigenvalue weighted by Gasteiger charge is -2.21. The molecule has 100 valence electrons. The predicted molar refractivity (Wildman–Crippen MR) is 68.6 cm³/mol. The fourth-order valence-corrected chi connectivity index (χ4v) is 1.78. The van der Waals surface area contributed by atoms with Crippen LogP contribution in [0.5, 0.6) is 0 Å². The molecule has 0 heterocycles. The van der Waals surface area contributed by atoms with E-state index in [1.807, 2.05) is 13.8 Å². The van der Waals surface area contributed by atoms with Gasteiger partial charge >= 0.3 is 0 Å². The van der Waals surface area contributed by atoms with Gasteiger partial charge in [0.25, 0.3) is 0 Å². The Bertz CT molecular complexity index is 393. The van der Waals surface area contributed by atoms with Gasteiger partial charge in [0, 0.05) is 12.6 Å². The summed E-state index contributed by atoms with van der Waals surface area (Å²) in [5.74, 6) is -0.343. The zero-order chi connectivity index (χ0) is 13.5. The molecule has 0 radical (unpaired) electrons. The zero-order valence-electron chi connectivity index (χ0n) is 10.8. The van der Waals surface area contributed by atoms with Crippen LogP contribution in [0.1, 0.15) is 25.8 Å². The number of rotatable bonds is 6. The van der Waals surface area contributed by atoms with Gasteiger partial charge in [-0.3, -0.25) is 4.79 Å². The summed E-state index contributed by atoms with van der Waals surface area (Å²) in [6.07, 6.45) is 0.544. The molecule has 0 aromatic heterocycles. The standard InChI is InChI=1S/C14H20FNO2/c1-10(2)13(7-8-17)16-14(18)9-11-5-3-4-6-12(11)15/h3-6,10,13,17H,7-9H2,1-2H3,(H,16,18). The van der Waals surface area contributed by atoms with Gasteiger partial charge in [-0.15, -0.1) is 0 Å².